The van der Waals surface area contributed by atoms with E-state index in [0.29, 0.717) is 5.41 Å². The van der Waals surface area contributed by atoms with Gasteiger partial charge in [0.15, 0.2) is 0 Å². The highest BCUT2D eigenvalue weighted by atomic mass is 16.5. The second-order valence-corrected chi connectivity index (χ2v) is 6.48. The van der Waals surface area contributed by atoms with E-state index in [0.717, 1.165) is 45.4 Å². The number of nitrogens with one attached hydrogen (secondary N) is 1. The fourth-order valence-electron chi connectivity index (χ4n) is 2.76. The Morgan fingerprint density at radius 2 is 1.75 bits per heavy atom. The number of hydrogen-bond donors (Lipinski definition) is 1. The lowest BCUT2D eigenvalue weighted by Gasteiger charge is -2.36. The predicted molar refractivity (Wildman–Crippen MR) is 84.2 cm³/mol. The molecule has 0 aromatic carbocycles. The monoisotopic (exact) mass is 286 g/mol. The first-order chi connectivity index (χ1) is 9.63. The molecule has 0 aromatic rings. The molecule has 1 rings (SSSR count). The van der Waals surface area contributed by atoms with Gasteiger partial charge in [0, 0.05) is 46.4 Å². The zero-order valence-corrected chi connectivity index (χ0v) is 13.9. The van der Waals surface area contributed by atoms with Crippen LogP contribution in [0.5, 0.6) is 0 Å². The molecule has 120 valence electrons. The molecule has 1 unspecified atom stereocenters. The van der Waals surface area contributed by atoms with E-state index in [4.69, 9.17) is 9.47 Å². The molecule has 1 atom stereocenters. The molecule has 0 spiro atoms. The maximum absolute atomic E-state index is 5.24. The molecular weight excluding hydrogens is 252 g/mol. The van der Waals surface area contributed by atoms with E-state index in [-0.39, 0.29) is 0 Å². The zero-order chi connectivity index (χ0) is 14.8. The summed E-state index contributed by atoms with van der Waals surface area (Å²) in [4.78, 5) is 2.48. The molecule has 0 radical (unpaired) electrons. The first-order valence-corrected chi connectivity index (χ1v) is 8.07. The summed E-state index contributed by atoms with van der Waals surface area (Å²) in [5.74, 6) is 0. The van der Waals surface area contributed by atoms with E-state index in [2.05, 4.69) is 24.1 Å². The quantitative estimate of drug-likeness (QED) is 0.562. The van der Waals surface area contributed by atoms with Crippen molar-refractivity contribution < 1.29 is 9.47 Å². The molecule has 1 aliphatic carbocycles. The molecule has 20 heavy (non-hydrogen) atoms. The molecule has 0 aliphatic heterocycles. The van der Waals surface area contributed by atoms with Crippen LogP contribution in [0.3, 0.4) is 0 Å². The van der Waals surface area contributed by atoms with E-state index in [1.165, 1.54) is 25.7 Å². The molecule has 0 bridgehead atoms. The summed E-state index contributed by atoms with van der Waals surface area (Å²) in [7, 11) is 3.54. The van der Waals surface area contributed by atoms with Gasteiger partial charge in [0.2, 0.25) is 0 Å². The third-order valence-corrected chi connectivity index (χ3v) is 4.08. The van der Waals surface area contributed by atoms with Gasteiger partial charge in [-0.05, 0) is 24.7 Å². The summed E-state index contributed by atoms with van der Waals surface area (Å²) in [6, 6.07) is 0.789. The molecule has 4 nitrogen and oxygen atoms in total. The third-order valence-electron chi connectivity index (χ3n) is 4.08. The van der Waals surface area contributed by atoms with Gasteiger partial charge in [0.25, 0.3) is 0 Å². The standard InChI is InChI=1S/C16H34N2O2/c1-5-8-16(2,13-17-15-6-7-15)14-18(9-11-19-3)10-12-20-4/h15,17H,5-14H2,1-4H3. The van der Waals surface area contributed by atoms with Crippen molar-refractivity contribution in [1.29, 1.82) is 0 Å². The van der Waals surface area contributed by atoms with Gasteiger partial charge >= 0.3 is 0 Å². The van der Waals surface area contributed by atoms with Gasteiger partial charge in [0.05, 0.1) is 13.2 Å². The van der Waals surface area contributed by atoms with Crippen LogP contribution in [0.25, 0.3) is 0 Å². The Balaban J connectivity index is 2.46. The smallest absolute Gasteiger partial charge is 0.0589 e. The van der Waals surface area contributed by atoms with Crippen LogP contribution in [0.1, 0.15) is 39.5 Å². The van der Waals surface area contributed by atoms with E-state index in [1.54, 1.807) is 14.2 Å². The highest BCUT2D eigenvalue weighted by molar-refractivity contribution is 4.87. The van der Waals surface area contributed by atoms with Crippen LogP contribution >= 0.6 is 0 Å². The first kappa shape index (κ1) is 17.9. The summed E-state index contributed by atoms with van der Waals surface area (Å²) in [5, 5.41) is 3.71. The largest absolute Gasteiger partial charge is 0.383 e. The van der Waals surface area contributed by atoms with E-state index >= 15 is 0 Å². The lowest BCUT2D eigenvalue weighted by atomic mass is 9.84. The molecular formula is C16H34N2O2. The highest BCUT2D eigenvalue weighted by Gasteiger charge is 2.29. The maximum atomic E-state index is 5.24. The Kier molecular flexibility index (Phi) is 8.69. The Labute approximate surface area is 125 Å². The summed E-state index contributed by atoms with van der Waals surface area (Å²) in [5.41, 5.74) is 0.346. The fourth-order valence-corrected chi connectivity index (χ4v) is 2.76. The second-order valence-electron chi connectivity index (χ2n) is 6.48. The third kappa shape index (κ3) is 7.58. The molecule has 1 fully saturated rings. The van der Waals surface area contributed by atoms with E-state index < -0.39 is 0 Å². The van der Waals surface area contributed by atoms with E-state index in [9.17, 15) is 0 Å². The van der Waals surface area contributed by atoms with Crippen molar-refractivity contribution in [1.82, 2.24) is 10.2 Å². The van der Waals surface area contributed by atoms with Gasteiger partial charge in [-0.1, -0.05) is 20.3 Å². The van der Waals surface area contributed by atoms with E-state index in [1.807, 2.05) is 0 Å². The number of hydrogen-bond acceptors (Lipinski definition) is 4. The summed E-state index contributed by atoms with van der Waals surface area (Å²) in [6.45, 7) is 10.5. The minimum atomic E-state index is 0.346. The molecule has 1 aliphatic rings. The van der Waals surface area contributed by atoms with Crippen LogP contribution in [0.4, 0.5) is 0 Å². The number of nitrogens with zero attached hydrogens (tertiary/aromatic N) is 1. The molecule has 4 heteroatoms. The molecule has 1 saturated carbocycles. The fraction of sp³-hybridized carbons (Fsp3) is 1.00. The van der Waals surface area contributed by atoms with Gasteiger partial charge in [0.1, 0.15) is 0 Å². The van der Waals surface area contributed by atoms with Gasteiger partial charge in [-0.3, -0.25) is 4.90 Å². The van der Waals surface area contributed by atoms with Crippen molar-refractivity contribution in [3.63, 3.8) is 0 Å². The summed E-state index contributed by atoms with van der Waals surface area (Å²) >= 11 is 0. The van der Waals surface area contributed by atoms with Crippen molar-refractivity contribution in [2.24, 2.45) is 5.41 Å². The number of rotatable bonds is 13. The van der Waals surface area contributed by atoms with Crippen LogP contribution in [-0.4, -0.2) is 64.6 Å². The van der Waals surface area contributed by atoms with Crippen LogP contribution < -0.4 is 5.32 Å². The summed E-state index contributed by atoms with van der Waals surface area (Å²) in [6.07, 6.45) is 5.23. The molecule has 0 heterocycles. The molecule has 0 saturated heterocycles. The predicted octanol–water partition coefficient (Wildman–Crippen LogP) is 2.14. The molecule has 0 aromatic heterocycles. The lowest BCUT2D eigenvalue weighted by Crippen LogP contribution is -2.44. The van der Waals surface area contributed by atoms with Crippen LogP contribution in [-0.2, 0) is 9.47 Å². The van der Waals surface area contributed by atoms with Crippen LogP contribution in [0.2, 0.25) is 0 Å². The first-order valence-electron chi connectivity index (χ1n) is 8.07. The number of ether oxygens (including phenoxy) is 2. The van der Waals surface area contributed by atoms with Crippen molar-refractivity contribution in [3.8, 4) is 0 Å². The van der Waals surface area contributed by atoms with Gasteiger partial charge in [-0.2, -0.15) is 0 Å². The summed E-state index contributed by atoms with van der Waals surface area (Å²) < 4.78 is 10.5. The number of methoxy groups -OCH3 is 2. The van der Waals surface area contributed by atoms with Gasteiger partial charge in [-0.15, -0.1) is 0 Å². The van der Waals surface area contributed by atoms with Crippen LogP contribution in [0.15, 0.2) is 0 Å². The average molecular weight is 286 g/mol. The maximum Gasteiger partial charge on any atom is 0.0589 e. The highest BCUT2D eigenvalue weighted by Crippen LogP contribution is 2.27. The minimum absolute atomic E-state index is 0.346. The van der Waals surface area contributed by atoms with Crippen LogP contribution in [0, 0.1) is 5.41 Å². The normalized spacial score (nSPS) is 18.4. The van der Waals surface area contributed by atoms with Gasteiger partial charge < -0.3 is 14.8 Å². The van der Waals surface area contributed by atoms with Crippen molar-refractivity contribution in [2.45, 2.75) is 45.6 Å². The molecule has 0 amide bonds. The van der Waals surface area contributed by atoms with Crippen molar-refractivity contribution in [2.75, 3.05) is 53.6 Å². The van der Waals surface area contributed by atoms with Crippen molar-refractivity contribution in [3.05, 3.63) is 0 Å². The lowest BCUT2D eigenvalue weighted by molar-refractivity contribution is 0.0800. The Morgan fingerprint density at radius 1 is 1.15 bits per heavy atom. The van der Waals surface area contributed by atoms with Gasteiger partial charge in [-0.25, -0.2) is 0 Å². The second kappa shape index (κ2) is 9.72. The Bertz CT molecular complexity index is 239. The van der Waals surface area contributed by atoms with Crippen molar-refractivity contribution >= 4 is 0 Å². The average Bonchev–Trinajstić information content (AvgIpc) is 3.24. The Morgan fingerprint density at radius 3 is 2.20 bits per heavy atom. The Hall–Kier alpha value is -0.160. The zero-order valence-electron chi connectivity index (χ0n) is 13.9. The topological polar surface area (TPSA) is 33.7 Å². The minimum Gasteiger partial charge on any atom is -0.383 e. The molecule has 1 N–H and O–H groups in total. The SMILES string of the molecule is CCCC(C)(CNC1CC1)CN(CCOC)CCOC.